The van der Waals surface area contributed by atoms with Crippen LogP contribution in [0.25, 0.3) is 22.6 Å². The number of nitrogens with zero attached hydrogens (tertiary/aromatic N) is 2. The number of nitrogens with one attached hydrogen (secondary N) is 1. The van der Waals surface area contributed by atoms with Crippen LogP contribution in [-0.4, -0.2) is 25.0 Å². The van der Waals surface area contributed by atoms with E-state index in [1.165, 1.54) is 24.3 Å². The van der Waals surface area contributed by atoms with Crippen molar-refractivity contribution in [3.05, 3.63) is 78.1 Å². The summed E-state index contributed by atoms with van der Waals surface area (Å²) in [4.78, 5) is 18.9. The van der Waals surface area contributed by atoms with Crippen molar-refractivity contribution in [1.82, 2.24) is 4.98 Å². The van der Waals surface area contributed by atoms with Crippen molar-refractivity contribution in [2.45, 2.75) is 0 Å². The highest BCUT2D eigenvalue weighted by molar-refractivity contribution is 6.04. The van der Waals surface area contributed by atoms with Crippen LogP contribution in [0, 0.1) is 5.82 Å². The largest absolute Gasteiger partial charge is 0.436 e. The highest BCUT2D eigenvalue weighted by Crippen LogP contribution is 2.28. The van der Waals surface area contributed by atoms with Crippen LogP contribution in [0.5, 0.6) is 0 Å². The molecule has 0 aliphatic carbocycles. The van der Waals surface area contributed by atoms with Crippen LogP contribution >= 0.6 is 0 Å². The van der Waals surface area contributed by atoms with Gasteiger partial charge in [-0.1, -0.05) is 6.07 Å². The number of rotatable bonds is 4. The summed E-state index contributed by atoms with van der Waals surface area (Å²) in [5.41, 5.74) is 4.16. The fourth-order valence-corrected chi connectivity index (χ4v) is 2.85. The second-order valence-corrected chi connectivity index (χ2v) is 6.61. The Kier molecular flexibility index (Phi) is 4.53. The molecule has 6 heteroatoms. The normalized spacial score (nSPS) is 10.8. The first-order valence-corrected chi connectivity index (χ1v) is 8.75. The monoisotopic (exact) mass is 375 g/mol. The Hall–Kier alpha value is -3.67. The molecule has 28 heavy (non-hydrogen) atoms. The average Bonchev–Trinajstić information content (AvgIpc) is 3.12. The molecule has 1 aromatic heterocycles. The standard InChI is InChI=1S/C22H18FN3O2/c1-26(2)18-5-3-4-15(12-18)22-25-19-13-17(10-11-20(19)28-22)24-21(27)14-6-8-16(23)9-7-14/h3-13H,1-2H3,(H,24,27). The second kappa shape index (κ2) is 7.15. The number of amides is 1. The highest BCUT2D eigenvalue weighted by Gasteiger charge is 2.12. The molecule has 3 aromatic carbocycles. The van der Waals surface area contributed by atoms with Gasteiger partial charge in [-0.15, -0.1) is 0 Å². The van der Waals surface area contributed by atoms with E-state index in [9.17, 15) is 9.18 Å². The molecule has 4 aromatic rings. The molecule has 1 amide bonds. The van der Waals surface area contributed by atoms with E-state index in [2.05, 4.69) is 10.3 Å². The molecule has 140 valence electrons. The molecule has 0 atom stereocenters. The Morgan fingerprint density at radius 1 is 1.04 bits per heavy atom. The molecule has 0 aliphatic heterocycles. The van der Waals surface area contributed by atoms with Crippen molar-refractivity contribution in [2.75, 3.05) is 24.3 Å². The molecule has 0 spiro atoms. The number of halogens is 1. The number of carbonyl (C=O) groups is 1. The summed E-state index contributed by atoms with van der Waals surface area (Å²) in [5, 5.41) is 2.79. The average molecular weight is 375 g/mol. The van der Waals surface area contributed by atoms with E-state index in [-0.39, 0.29) is 11.7 Å². The quantitative estimate of drug-likeness (QED) is 0.548. The van der Waals surface area contributed by atoms with Crippen molar-refractivity contribution in [2.24, 2.45) is 0 Å². The number of hydrogen-bond donors (Lipinski definition) is 1. The lowest BCUT2D eigenvalue weighted by atomic mass is 10.2. The first-order valence-electron chi connectivity index (χ1n) is 8.75. The van der Waals surface area contributed by atoms with Gasteiger partial charge in [0.15, 0.2) is 5.58 Å². The summed E-state index contributed by atoms with van der Waals surface area (Å²) in [6.45, 7) is 0. The fourth-order valence-electron chi connectivity index (χ4n) is 2.85. The minimum atomic E-state index is -0.383. The molecule has 0 unspecified atom stereocenters. The van der Waals surface area contributed by atoms with E-state index in [1.807, 2.05) is 43.3 Å². The van der Waals surface area contributed by atoms with E-state index in [0.717, 1.165) is 11.3 Å². The molecule has 0 fully saturated rings. The molecular weight excluding hydrogens is 357 g/mol. The van der Waals surface area contributed by atoms with E-state index >= 15 is 0 Å². The number of anilines is 2. The molecule has 0 aliphatic rings. The minimum absolute atomic E-state index is 0.318. The topological polar surface area (TPSA) is 58.4 Å². The van der Waals surface area contributed by atoms with Gasteiger partial charge < -0.3 is 14.6 Å². The lowest BCUT2D eigenvalue weighted by Crippen LogP contribution is -2.11. The summed E-state index contributed by atoms with van der Waals surface area (Å²) in [7, 11) is 3.95. The zero-order valence-electron chi connectivity index (χ0n) is 15.4. The van der Waals surface area contributed by atoms with Gasteiger partial charge in [0.2, 0.25) is 5.89 Å². The van der Waals surface area contributed by atoms with E-state index in [4.69, 9.17) is 4.42 Å². The number of benzene rings is 3. The maximum absolute atomic E-state index is 13.0. The SMILES string of the molecule is CN(C)c1cccc(-c2nc3cc(NC(=O)c4ccc(F)cc4)ccc3o2)c1. The Bertz CT molecular complexity index is 1150. The zero-order valence-corrected chi connectivity index (χ0v) is 15.4. The highest BCUT2D eigenvalue weighted by atomic mass is 19.1. The van der Waals surface area contributed by atoms with Gasteiger partial charge in [-0.25, -0.2) is 9.37 Å². The molecule has 4 rings (SSSR count). The van der Waals surface area contributed by atoms with Crippen LogP contribution in [0.15, 0.2) is 71.1 Å². The summed E-state index contributed by atoms with van der Waals surface area (Å²) in [5.74, 6) is -0.186. The number of aromatic nitrogens is 1. The van der Waals surface area contributed by atoms with Crippen molar-refractivity contribution in [3.63, 3.8) is 0 Å². The van der Waals surface area contributed by atoms with Crippen molar-refractivity contribution in [3.8, 4) is 11.5 Å². The van der Waals surface area contributed by atoms with Gasteiger partial charge in [0.05, 0.1) is 0 Å². The summed E-state index contributed by atoms with van der Waals surface area (Å²) >= 11 is 0. The summed E-state index contributed by atoms with van der Waals surface area (Å²) in [6.07, 6.45) is 0. The molecule has 1 heterocycles. The van der Waals surface area contributed by atoms with Crippen molar-refractivity contribution >= 4 is 28.4 Å². The smallest absolute Gasteiger partial charge is 0.255 e. The predicted octanol–water partition coefficient (Wildman–Crippen LogP) is 4.95. The van der Waals surface area contributed by atoms with E-state index < -0.39 is 0 Å². The van der Waals surface area contributed by atoms with Gasteiger partial charge in [-0.2, -0.15) is 0 Å². The zero-order chi connectivity index (χ0) is 19.7. The Balaban J connectivity index is 1.60. The van der Waals surface area contributed by atoms with Gasteiger partial charge in [0.1, 0.15) is 11.3 Å². The molecule has 5 nitrogen and oxygen atoms in total. The van der Waals surface area contributed by atoms with Crippen LogP contribution in [0.3, 0.4) is 0 Å². The molecule has 0 saturated carbocycles. The third kappa shape index (κ3) is 3.57. The van der Waals surface area contributed by atoms with Gasteiger partial charge in [-0.05, 0) is 60.7 Å². The van der Waals surface area contributed by atoms with Gasteiger partial charge in [-0.3, -0.25) is 4.79 Å². The van der Waals surface area contributed by atoms with Crippen LogP contribution in [-0.2, 0) is 0 Å². The van der Waals surface area contributed by atoms with E-state index in [0.29, 0.717) is 28.2 Å². The predicted molar refractivity (Wildman–Crippen MR) is 108 cm³/mol. The first kappa shape index (κ1) is 17.7. The maximum atomic E-state index is 13.0. The number of carbonyl (C=O) groups excluding carboxylic acids is 1. The summed E-state index contributed by atoms with van der Waals surface area (Å²) < 4.78 is 18.9. The third-order valence-corrected chi connectivity index (χ3v) is 4.36. The minimum Gasteiger partial charge on any atom is -0.436 e. The molecule has 0 radical (unpaired) electrons. The second-order valence-electron chi connectivity index (χ2n) is 6.61. The Labute approximate surface area is 161 Å². The van der Waals surface area contributed by atoms with Crippen LogP contribution in [0.1, 0.15) is 10.4 Å². The lowest BCUT2D eigenvalue weighted by molar-refractivity contribution is 0.102. The van der Waals surface area contributed by atoms with Gasteiger partial charge >= 0.3 is 0 Å². The first-order chi connectivity index (χ1) is 13.5. The molecule has 0 bridgehead atoms. The fraction of sp³-hybridized carbons (Fsp3) is 0.0909. The Morgan fingerprint density at radius 3 is 2.57 bits per heavy atom. The van der Waals surface area contributed by atoms with Crippen molar-refractivity contribution in [1.29, 1.82) is 0 Å². The maximum Gasteiger partial charge on any atom is 0.255 e. The molecule has 0 saturated heterocycles. The Morgan fingerprint density at radius 2 is 1.82 bits per heavy atom. The van der Waals surface area contributed by atoms with Crippen LogP contribution in [0.4, 0.5) is 15.8 Å². The number of hydrogen-bond acceptors (Lipinski definition) is 4. The summed E-state index contributed by atoms with van der Waals surface area (Å²) in [6, 6.07) is 18.6. The van der Waals surface area contributed by atoms with Crippen LogP contribution in [0.2, 0.25) is 0 Å². The van der Waals surface area contributed by atoms with Gasteiger partial charge in [0.25, 0.3) is 5.91 Å². The van der Waals surface area contributed by atoms with Gasteiger partial charge in [0, 0.05) is 36.6 Å². The lowest BCUT2D eigenvalue weighted by Gasteiger charge is -2.12. The number of fused-ring (bicyclic) bond motifs is 1. The van der Waals surface area contributed by atoms with Crippen LogP contribution < -0.4 is 10.2 Å². The van der Waals surface area contributed by atoms with E-state index in [1.54, 1.807) is 18.2 Å². The molecule has 1 N–H and O–H groups in total. The third-order valence-electron chi connectivity index (χ3n) is 4.36. The molecular formula is C22H18FN3O2. The number of oxazole rings is 1. The van der Waals surface area contributed by atoms with Crippen molar-refractivity contribution < 1.29 is 13.6 Å².